The maximum Gasteiger partial charge on any atom is 0.321 e. The highest BCUT2D eigenvalue weighted by atomic mass is 16.2. The van der Waals surface area contributed by atoms with E-state index in [0.29, 0.717) is 18.5 Å². The third-order valence-corrected chi connectivity index (χ3v) is 2.75. The van der Waals surface area contributed by atoms with Crippen LogP contribution in [0.15, 0.2) is 0 Å². The van der Waals surface area contributed by atoms with Crippen molar-refractivity contribution in [1.29, 1.82) is 0 Å². The molecule has 0 unspecified atom stereocenters. The van der Waals surface area contributed by atoms with Gasteiger partial charge in [-0.05, 0) is 39.5 Å². The molecule has 1 saturated carbocycles. The molecular weight excluding hydrogens is 242 g/mol. The van der Waals surface area contributed by atoms with Crippen LogP contribution in [0.2, 0.25) is 0 Å². The first-order chi connectivity index (χ1) is 8.67. The van der Waals surface area contributed by atoms with Crippen LogP contribution >= 0.6 is 0 Å². The van der Waals surface area contributed by atoms with Crippen LogP contribution in [0, 0.1) is 5.92 Å². The van der Waals surface area contributed by atoms with Gasteiger partial charge in [-0.1, -0.05) is 13.8 Å². The molecule has 5 nitrogen and oxygen atoms in total. The van der Waals surface area contributed by atoms with Gasteiger partial charge in [-0.2, -0.15) is 0 Å². The van der Waals surface area contributed by atoms with E-state index in [1.165, 1.54) is 0 Å². The summed E-state index contributed by atoms with van der Waals surface area (Å²) < 4.78 is 0. The number of nitrogens with zero attached hydrogens (tertiary/aromatic N) is 1. The Balaban J connectivity index is 2.38. The standard InChI is InChI=1S/C14H27N3O2/c1-10(2)8-17(11-6-7-11)9-12(18)15-13(19)16-14(3,4)5/h10-11H,6-9H2,1-5H3,(H2,15,16,18,19). The van der Waals surface area contributed by atoms with Gasteiger partial charge in [-0.15, -0.1) is 0 Å². The molecular formula is C14H27N3O2. The summed E-state index contributed by atoms with van der Waals surface area (Å²) in [6.07, 6.45) is 2.32. The number of carbonyl (C=O) groups is 2. The molecule has 0 aliphatic heterocycles. The molecule has 1 fully saturated rings. The Hall–Kier alpha value is -1.10. The lowest BCUT2D eigenvalue weighted by Crippen LogP contribution is -2.50. The van der Waals surface area contributed by atoms with E-state index in [4.69, 9.17) is 0 Å². The van der Waals surface area contributed by atoms with Crippen molar-refractivity contribution < 1.29 is 9.59 Å². The Morgan fingerprint density at radius 1 is 1.26 bits per heavy atom. The first-order valence-corrected chi connectivity index (χ1v) is 7.03. The molecule has 0 aromatic rings. The number of urea groups is 1. The van der Waals surface area contributed by atoms with E-state index in [2.05, 4.69) is 29.4 Å². The topological polar surface area (TPSA) is 61.4 Å². The zero-order valence-corrected chi connectivity index (χ0v) is 12.7. The average Bonchev–Trinajstić information content (AvgIpc) is 2.94. The molecule has 0 saturated heterocycles. The van der Waals surface area contributed by atoms with Gasteiger partial charge in [0.05, 0.1) is 6.54 Å². The van der Waals surface area contributed by atoms with Crippen LogP contribution < -0.4 is 10.6 Å². The van der Waals surface area contributed by atoms with Crippen molar-refractivity contribution in [1.82, 2.24) is 15.5 Å². The van der Waals surface area contributed by atoms with Crippen molar-refractivity contribution in [3.05, 3.63) is 0 Å². The third kappa shape index (κ3) is 7.15. The van der Waals surface area contributed by atoms with Gasteiger partial charge < -0.3 is 5.32 Å². The molecule has 0 aromatic heterocycles. The van der Waals surface area contributed by atoms with E-state index in [1.807, 2.05) is 20.8 Å². The molecule has 0 bridgehead atoms. The summed E-state index contributed by atoms with van der Waals surface area (Å²) >= 11 is 0. The van der Waals surface area contributed by atoms with E-state index in [9.17, 15) is 9.59 Å². The van der Waals surface area contributed by atoms with Gasteiger partial charge in [0.1, 0.15) is 0 Å². The summed E-state index contributed by atoms with van der Waals surface area (Å²) in [6, 6.07) is 0.108. The summed E-state index contributed by atoms with van der Waals surface area (Å²) in [5, 5.41) is 5.11. The van der Waals surface area contributed by atoms with Crippen LogP contribution in [-0.4, -0.2) is 41.5 Å². The smallest absolute Gasteiger partial charge is 0.321 e. The minimum Gasteiger partial charge on any atom is -0.333 e. The summed E-state index contributed by atoms with van der Waals surface area (Å²) in [6.45, 7) is 11.1. The van der Waals surface area contributed by atoms with Crippen molar-refractivity contribution in [2.24, 2.45) is 5.92 Å². The number of hydrogen-bond acceptors (Lipinski definition) is 3. The second kappa shape index (κ2) is 6.37. The van der Waals surface area contributed by atoms with Crippen molar-refractivity contribution in [2.45, 2.75) is 59.0 Å². The van der Waals surface area contributed by atoms with E-state index in [1.54, 1.807) is 0 Å². The van der Waals surface area contributed by atoms with Gasteiger partial charge in [0.2, 0.25) is 5.91 Å². The Morgan fingerprint density at radius 3 is 2.26 bits per heavy atom. The molecule has 2 N–H and O–H groups in total. The molecule has 0 heterocycles. The molecule has 19 heavy (non-hydrogen) atoms. The average molecular weight is 269 g/mol. The monoisotopic (exact) mass is 269 g/mol. The van der Waals surface area contributed by atoms with E-state index in [0.717, 1.165) is 19.4 Å². The molecule has 3 amide bonds. The van der Waals surface area contributed by atoms with Crippen molar-refractivity contribution >= 4 is 11.9 Å². The van der Waals surface area contributed by atoms with Gasteiger partial charge in [-0.25, -0.2) is 4.79 Å². The zero-order valence-electron chi connectivity index (χ0n) is 12.7. The summed E-state index contributed by atoms with van der Waals surface area (Å²) in [5.41, 5.74) is -0.335. The first-order valence-electron chi connectivity index (χ1n) is 7.03. The molecule has 5 heteroatoms. The summed E-state index contributed by atoms with van der Waals surface area (Å²) in [7, 11) is 0. The fourth-order valence-electron chi connectivity index (χ4n) is 1.97. The highest BCUT2D eigenvalue weighted by molar-refractivity contribution is 5.95. The zero-order chi connectivity index (χ0) is 14.6. The molecule has 1 rings (SSSR count). The second-order valence-corrected chi connectivity index (χ2v) is 6.81. The number of carbonyl (C=O) groups excluding carboxylic acids is 2. The van der Waals surface area contributed by atoms with Crippen molar-refractivity contribution in [3.8, 4) is 0 Å². The van der Waals surface area contributed by atoms with Gasteiger partial charge in [0.15, 0.2) is 0 Å². The fraction of sp³-hybridized carbons (Fsp3) is 0.857. The number of amides is 3. The molecule has 0 atom stereocenters. The van der Waals surface area contributed by atoms with Crippen LogP contribution in [-0.2, 0) is 4.79 Å². The Labute approximate surface area is 116 Å². The lowest BCUT2D eigenvalue weighted by Gasteiger charge is -2.24. The Morgan fingerprint density at radius 2 is 1.84 bits per heavy atom. The van der Waals surface area contributed by atoms with Gasteiger partial charge in [0.25, 0.3) is 0 Å². The quantitative estimate of drug-likeness (QED) is 0.799. The summed E-state index contributed by atoms with van der Waals surface area (Å²) in [5.74, 6) is 0.297. The van der Waals surface area contributed by atoms with Crippen LogP contribution in [0.4, 0.5) is 4.79 Å². The number of rotatable bonds is 5. The van der Waals surface area contributed by atoms with E-state index in [-0.39, 0.29) is 11.4 Å². The SMILES string of the molecule is CC(C)CN(CC(=O)NC(=O)NC(C)(C)C)C1CC1. The predicted molar refractivity (Wildman–Crippen MR) is 75.9 cm³/mol. The van der Waals surface area contributed by atoms with Crippen LogP contribution in [0.1, 0.15) is 47.5 Å². The van der Waals surface area contributed by atoms with Crippen molar-refractivity contribution in [2.75, 3.05) is 13.1 Å². The first kappa shape index (κ1) is 16.0. The fourth-order valence-corrected chi connectivity index (χ4v) is 1.97. The third-order valence-electron chi connectivity index (χ3n) is 2.75. The molecule has 1 aliphatic carbocycles. The molecule has 110 valence electrons. The van der Waals surface area contributed by atoms with Crippen molar-refractivity contribution in [3.63, 3.8) is 0 Å². The maximum atomic E-state index is 11.8. The van der Waals surface area contributed by atoms with E-state index >= 15 is 0 Å². The molecule has 0 radical (unpaired) electrons. The minimum absolute atomic E-state index is 0.228. The van der Waals surface area contributed by atoms with Crippen LogP contribution in [0.5, 0.6) is 0 Å². The predicted octanol–water partition coefficient (Wildman–Crippen LogP) is 1.73. The maximum absolute atomic E-state index is 11.8. The van der Waals surface area contributed by atoms with Gasteiger partial charge in [0, 0.05) is 18.1 Å². The number of hydrogen-bond donors (Lipinski definition) is 2. The van der Waals surface area contributed by atoms with Gasteiger partial charge in [-0.3, -0.25) is 15.0 Å². The molecule has 0 spiro atoms. The number of imide groups is 1. The van der Waals surface area contributed by atoms with Gasteiger partial charge >= 0.3 is 6.03 Å². The highest BCUT2D eigenvalue weighted by Gasteiger charge is 2.30. The Bertz CT molecular complexity index is 330. The number of nitrogens with one attached hydrogen (secondary N) is 2. The second-order valence-electron chi connectivity index (χ2n) is 6.81. The molecule has 1 aliphatic rings. The lowest BCUT2D eigenvalue weighted by atomic mass is 10.1. The van der Waals surface area contributed by atoms with Crippen LogP contribution in [0.25, 0.3) is 0 Å². The highest BCUT2D eigenvalue weighted by Crippen LogP contribution is 2.27. The summed E-state index contributed by atoms with van der Waals surface area (Å²) in [4.78, 5) is 25.6. The lowest BCUT2D eigenvalue weighted by molar-refractivity contribution is -0.121. The molecule has 0 aromatic carbocycles. The normalized spacial score (nSPS) is 15.7. The largest absolute Gasteiger partial charge is 0.333 e. The van der Waals surface area contributed by atoms with E-state index < -0.39 is 6.03 Å². The minimum atomic E-state index is -0.419. The Kier molecular flexibility index (Phi) is 5.35. The van der Waals surface area contributed by atoms with Crippen LogP contribution in [0.3, 0.4) is 0 Å².